The maximum absolute atomic E-state index is 12.5. The number of anilines is 1. The number of non-ortho nitro benzene ring substituents is 1. The van der Waals surface area contributed by atoms with Crippen molar-refractivity contribution in [1.82, 2.24) is 14.8 Å². The van der Waals surface area contributed by atoms with Crippen LogP contribution in [-0.2, 0) is 12.3 Å². The molecular weight excluding hydrogens is 450 g/mol. The third-order valence-corrected chi connectivity index (χ3v) is 6.27. The summed E-state index contributed by atoms with van der Waals surface area (Å²) in [7, 11) is 0. The number of nitro groups is 1. The zero-order valence-corrected chi connectivity index (χ0v) is 19.6. The van der Waals surface area contributed by atoms with Crippen LogP contribution in [0.15, 0.2) is 78.0 Å². The van der Waals surface area contributed by atoms with E-state index < -0.39 is 4.92 Å². The first-order valence-electron chi connectivity index (χ1n) is 10.7. The molecule has 0 aliphatic rings. The van der Waals surface area contributed by atoms with E-state index in [1.54, 1.807) is 23.9 Å². The van der Waals surface area contributed by atoms with Crippen LogP contribution < -0.4 is 5.32 Å². The molecule has 3 aromatic carbocycles. The minimum absolute atomic E-state index is 0.0388. The summed E-state index contributed by atoms with van der Waals surface area (Å²) in [6, 6.07) is 21.5. The van der Waals surface area contributed by atoms with Crippen molar-refractivity contribution in [3.8, 4) is 11.4 Å². The Morgan fingerprint density at radius 3 is 2.44 bits per heavy atom. The van der Waals surface area contributed by atoms with Crippen molar-refractivity contribution in [3.05, 3.63) is 99.6 Å². The number of hydrogen-bond acceptors (Lipinski definition) is 6. The third-order valence-electron chi connectivity index (χ3n) is 5.23. The minimum atomic E-state index is -0.423. The quantitative estimate of drug-likeness (QED) is 0.199. The fraction of sp³-hybridized carbons (Fsp3) is 0.160. The van der Waals surface area contributed by atoms with Gasteiger partial charge in [-0.15, -0.1) is 10.2 Å². The molecule has 1 aromatic heterocycles. The van der Waals surface area contributed by atoms with Crippen LogP contribution in [0.3, 0.4) is 0 Å². The van der Waals surface area contributed by atoms with E-state index in [1.807, 2.05) is 66.9 Å². The molecule has 0 fully saturated rings. The molecule has 172 valence electrons. The summed E-state index contributed by atoms with van der Waals surface area (Å²) in [5.41, 5.74) is 4.31. The highest BCUT2D eigenvalue weighted by atomic mass is 32.2. The van der Waals surface area contributed by atoms with Crippen molar-refractivity contribution < 1.29 is 9.72 Å². The van der Waals surface area contributed by atoms with Gasteiger partial charge in [0.2, 0.25) is 0 Å². The van der Waals surface area contributed by atoms with Crippen molar-refractivity contribution in [3.63, 3.8) is 0 Å². The topological polar surface area (TPSA) is 103 Å². The van der Waals surface area contributed by atoms with Gasteiger partial charge in [0.1, 0.15) is 0 Å². The van der Waals surface area contributed by atoms with Gasteiger partial charge in [0, 0.05) is 41.2 Å². The highest BCUT2D eigenvalue weighted by Gasteiger charge is 2.15. The SMILES string of the molecule is CCn1c(SCc2ccc(C(=O)Nc3cccc(C)c3)cc2)nnc1-c1ccc([N+](=O)[O-])cc1. The Labute approximate surface area is 201 Å². The summed E-state index contributed by atoms with van der Waals surface area (Å²) < 4.78 is 1.98. The second-order valence-corrected chi connectivity index (χ2v) is 8.61. The second kappa shape index (κ2) is 10.3. The van der Waals surface area contributed by atoms with Crippen LogP contribution in [0.25, 0.3) is 11.4 Å². The number of nitrogens with one attached hydrogen (secondary N) is 1. The lowest BCUT2D eigenvalue weighted by atomic mass is 10.1. The lowest BCUT2D eigenvalue weighted by Crippen LogP contribution is -2.11. The van der Waals surface area contributed by atoms with Gasteiger partial charge in [-0.25, -0.2) is 0 Å². The molecule has 8 nitrogen and oxygen atoms in total. The summed E-state index contributed by atoms with van der Waals surface area (Å²) in [5, 5.41) is 23.2. The van der Waals surface area contributed by atoms with Gasteiger partial charge in [-0.1, -0.05) is 36.0 Å². The Morgan fingerprint density at radius 1 is 1.06 bits per heavy atom. The molecule has 0 bridgehead atoms. The van der Waals surface area contributed by atoms with Crippen molar-refractivity contribution >= 4 is 29.0 Å². The molecule has 0 unspecified atom stereocenters. The number of thioether (sulfide) groups is 1. The second-order valence-electron chi connectivity index (χ2n) is 7.66. The maximum Gasteiger partial charge on any atom is 0.269 e. The van der Waals surface area contributed by atoms with E-state index in [1.165, 1.54) is 12.1 Å². The predicted octanol–water partition coefficient (Wildman–Crippen LogP) is 5.73. The number of carbonyl (C=O) groups excluding carboxylic acids is 1. The Bertz CT molecular complexity index is 1320. The highest BCUT2D eigenvalue weighted by molar-refractivity contribution is 7.98. The van der Waals surface area contributed by atoms with Gasteiger partial charge < -0.3 is 9.88 Å². The molecule has 4 rings (SSSR count). The van der Waals surface area contributed by atoms with E-state index in [0.29, 0.717) is 23.7 Å². The molecule has 1 heterocycles. The van der Waals surface area contributed by atoms with E-state index in [4.69, 9.17) is 0 Å². The summed E-state index contributed by atoms with van der Waals surface area (Å²) in [5.74, 6) is 1.18. The average Bonchev–Trinajstić information content (AvgIpc) is 3.26. The van der Waals surface area contributed by atoms with E-state index in [2.05, 4.69) is 15.5 Å². The number of aromatic nitrogens is 3. The number of amides is 1. The van der Waals surface area contributed by atoms with Crippen LogP contribution in [0, 0.1) is 17.0 Å². The van der Waals surface area contributed by atoms with Gasteiger partial charge in [0.15, 0.2) is 11.0 Å². The number of nitro benzene ring substituents is 1. The zero-order valence-electron chi connectivity index (χ0n) is 18.8. The first-order valence-corrected chi connectivity index (χ1v) is 11.7. The van der Waals surface area contributed by atoms with Crippen molar-refractivity contribution in [2.45, 2.75) is 31.3 Å². The first kappa shape index (κ1) is 23.2. The van der Waals surface area contributed by atoms with Crippen LogP contribution in [-0.4, -0.2) is 25.6 Å². The minimum Gasteiger partial charge on any atom is -0.322 e. The number of aryl methyl sites for hydroxylation is 1. The molecule has 1 N–H and O–H groups in total. The standard InChI is InChI=1S/C25H23N5O3S/c1-3-29-23(19-11-13-22(14-12-19)30(32)33)27-28-25(29)34-16-18-7-9-20(10-8-18)24(31)26-21-6-4-5-17(2)15-21/h4-15H,3,16H2,1-2H3,(H,26,31). The Morgan fingerprint density at radius 2 is 1.79 bits per heavy atom. The Balaban J connectivity index is 1.41. The molecular formula is C25H23N5O3S. The predicted molar refractivity (Wildman–Crippen MR) is 133 cm³/mol. The van der Waals surface area contributed by atoms with Crippen LogP contribution in [0.1, 0.15) is 28.4 Å². The molecule has 0 aliphatic carbocycles. The monoisotopic (exact) mass is 473 g/mol. The summed E-state index contributed by atoms with van der Waals surface area (Å²) in [6.45, 7) is 4.65. The maximum atomic E-state index is 12.5. The van der Waals surface area contributed by atoms with E-state index in [-0.39, 0.29) is 11.6 Å². The van der Waals surface area contributed by atoms with Crippen molar-refractivity contribution in [2.75, 3.05) is 5.32 Å². The normalized spacial score (nSPS) is 10.8. The number of carbonyl (C=O) groups is 1. The van der Waals surface area contributed by atoms with E-state index in [9.17, 15) is 14.9 Å². The Kier molecular flexibility index (Phi) is 7.03. The molecule has 1 amide bonds. The Hall–Kier alpha value is -3.98. The molecule has 0 spiro atoms. The number of benzene rings is 3. The number of rotatable bonds is 8. The summed E-state index contributed by atoms with van der Waals surface area (Å²) >= 11 is 1.55. The van der Waals surface area contributed by atoms with E-state index in [0.717, 1.165) is 27.5 Å². The molecule has 4 aromatic rings. The summed E-state index contributed by atoms with van der Waals surface area (Å²) in [4.78, 5) is 23.0. The van der Waals surface area contributed by atoms with Crippen LogP contribution in [0.2, 0.25) is 0 Å². The first-order chi connectivity index (χ1) is 16.4. The molecule has 0 aliphatic heterocycles. The molecule has 9 heteroatoms. The molecule has 0 saturated heterocycles. The lowest BCUT2D eigenvalue weighted by molar-refractivity contribution is -0.384. The molecule has 34 heavy (non-hydrogen) atoms. The van der Waals surface area contributed by atoms with Crippen molar-refractivity contribution in [2.24, 2.45) is 0 Å². The summed E-state index contributed by atoms with van der Waals surface area (Å²) in [6.07, 6.45) is 0. The van der Waals surface area contributed by atoms with Crippen LogP contribution in [0.5, 0.6) is 0 Å². The van der Waals surface area contributed by atoms with Gasteiger partial charge in [-0.3, -0.25) is 14.9 Å². The zero-order chi connectivity index (χ0) is 24.1. The van der Waals surface area contributed by atoms with Gasteiger partial charge in [-0.2, -0.15) is 0 Å². The molecule has 0 radical (unpaired) electrons. The smallest absolute Gasteiger partial charge is 0.269 e. The van der Waals surface area contributed by atoms with E-state index >= 15 is 0 Å². The van der Waals surface area contributed by atoms with Gasteiger partial charge in [0.05, 0.1) is 4.92 Å². The third kappa shape index (κ3) is 5.32. The van der Waals surface area contributed by atoms with Crippen molar-refractivity contribution in [1.29, 1.82) is 0 Å². The number of hydrogen-bond donors (Lipinski definition) is 1. The highest BCUT2D eigenvalue weighted by Crippen LogP contribution is 2.27. The van der Waals surface area contributed by atoms with Gasteiger partial charge >= 0.3 is 0 Å². The fourth-order valence-electron chi connectivity index (χ4n) is 3.45. The van der Waals surface area contributed by atoms with Crippen LogP contribution in [0.4, 0.5) is 11.4 Å². The fourth-order valence-corrected chi connectivity index (χ4v) is 4.41. The molecule has 0 atom stereocenters. The molecule has 0 saturated carbocycles. The van der Waals surface area contributed by atoms with Gasteiger partial charge in [-0.05, 0) is 61.4 Å². The lowest BCUT2D eigenvalue weighted by Gasteiger charge is -2.08. The largest absolute Gasteiger partial charge is 0.322 e. The number of nitrogens with zero attached hydrogens (tertiary/aromatic N) is 4. The van der Waals surface area contributed by atoms with Crippen LogP contribution >= 0.6 is 11.8 Å². The average molecular weight is 474 g/mol. The van der Waals surface area contributed by atoms with Gasteiger partial charge in [0.25, 0.3) is 11.6 Å².